The van der Waals surface area contributed by atoms with Gasteiger partial charge in [-0.3, -0.25) is 14.1 Å². The lowest BCUT2D eigenvalue weighted by atomic mass is 10.5. The van der Waals surface area contributed by atoms with E-state index in [1.807, 2.05) is 0 Å². The van der Waals surface area contributed by atoms with Crippen molar-refractivity contribution in [2.24, 2.45) is 0 Å². The minimum Gasteiger partial charge on any atom is -0.382 e. The maximum Gasteiger partial charge on any atom is 0.624 e. The third-order valence-corrected chi connectivity index (χ3v) is 3.66. The lowest BCUT2D eigenvalue weighted by Gasteiger charge is -2.13. The SMILES string of the molecule is Nc1ncnc2c1ncn2OP(=O)(O)On1cnc2cncnc21. The van der Waals surface area contributed by atoms with E-state index in [9.17, 15) is 9.46 Å². The molecule has 0 fully saturated rings. The monoisotopic (exact) mass is 349 g/mol. The number of hydrogen-bond donors (Lipinski definition) is 2. The van der Waals surface area contributed by atoms with Crippen LogP contribution in [0.4, 0.5) is 5.82 Å². The molecular weight excluding hydrogens is 341 g/mol. The highest BCUT2D eigenvalue weighted by Crippen LogP contribution is 2.36. The van der Waals surface area contributed by atoms with Crippen molar-refractivity contribution in [1.29, 1.82) is 0 Å². The largest absolute Gasteiger partial charge is 0.624 e. The Morgan fingerprint density at radius 1 is 1.00 bits per heavy atom. The van der Waals surface area contributed by atoms with Crippen LogP contribution in [0.1, 0.15) is 0 Å². The zero-order valence-electron chi connectivity index (χ0n) is 11.7. The van der Waals surface area contributed by atoms with Crippen molar-refractivity contribution < 1.29 is 18.7 Å². The van der Waals surface area contributed by atoms with Gasteiger partial charge in [-0.1, -0.05) is 0 Å². The minimum atomic E-state index is -4.61. The summed E-state index contributed by atoms with van der Waals surface area (Å²) in [5, 5.41) is 0. The van der Waals surface area contributed by atoms with E-state index in [2.05, 4.69) is 29.9 Å². The quantitative estimate of drug-likeness (QED) is 0.442. The molecule has 0 spiro atoms. The predicted molar refractivity (Wildman–Crippen MR) is 78.0 cm³/mol. The van der Waals surface area contributed by atoms with E-state index in [0.29, 0.717) is 5.52 Å². The summed E-state index contributed by atoms with van der Waals surface area (Å²) in [4.78, 5) is 33.1. The molecule has 14 heteroatoms. The highest BCUT2D eigenvalue weighted by Gasteiger charge is 2.29. The predicted octanol–water partition coefficient (Wildman–Crippen LogP) is -0.794. The zero-order chi connectivity index (χ0) is 16.7. The minimum absolute atomic E-state index is 0.105. The van der Waals surface area contributed by atoms with Gasteiger partial charge in [0.1, 0.15) is 30.8 Å². The van der Waals surface area contributed by atoms with Crippen LogP contribution in [0.25, 0.3) is 22.3 Å². The summed E-state index contributed by atoms with van der Waals surface area (Å²) >= 11 is 0. The maximum atomic E-state index is 12.2. The van der Waals surface area contributed by atoms with Crippen LogP contribution in [-0.2, 0) is 4.57 Å². The first-order valence-corrected chi connectivity index (χ1v) is 7.82. The smallest absolute Gasteiger partial charge is 0.382 e. The summed E-state index contributed by atoms with van der Waals surface area (Å²) in [7, 11) is -4.61. The molecule has 0 bridgehead atoms. The van der Waals surface area contributed by atoms with Gasteiger partial charge in [0.05, 0.1) is 6.20 Å². The molecule has 4 rings (SSSR count). The second-order valence-electron chi connectivity index (χ2n) is 4.44. The summed E-state index contributed by atoms with van der Waals surface area (Å²) < 4.78 is 23.9. The van der Waals surface area contributed by atoms with Crippen LogP contribution < -0.4 is 15.0 Å². The normalized spacial score (nSPS) is 13.9. The van der Waals surface area contributed by atoms with E-state index in [1.54, 1.807) is 0 Å². The fraction of sp³-hybridized carbons (Fsp3) is 0. The Labute approximate surface area is 132 Å². The number of rotatable bonds is 4. The molecule has 13 nitrogen and oxygen atoms in total. The average molecular weight is 349 g/mol. The third-order valence-electron chi connectivity index (χ3n) is 2.90. The van der Waals surface area contributed by atoms with E-state index in [1.165, 1.54) is 18.9 Å². The van der Waals surface area contributed by atoms with Crippen molar-refractivity contribution in [2.45, 2.75) is 0 Å². The van der Waals surface area contributed by atoms with Gasteiger partial charge in [-0.2, -0.15) is 0 Å². The van der Waals surface area contributed by atoms with Crippen LogP contribution in [0.15, 0.2) is 31.5 Å². The number of fused-ring (bicyclic) bond motifs is 2. The van der Waals surface area contributed by atoms with Gasteiger partial charge >= 0.3 is 7.82 Å². The van der Waals surface area contributed by atoms with Crippen molar-refractivity contribution >= 4 is 36.0 Å². The molecular formula is C10H8N9O4P. The first-order valence-electron chi connectivity index (χ1n) is 6.33. The average Bonchev–Trinajstić information content (AvgIpc) is 3.13. The van der Waals surface area contributed by atoms with Gasteiger partial charge in [-0.05, 0) is 0 Å². The number of imidazole rings is 2. The second-order valence-corrected chi connectivity index (χ2v) is 5.70. The first-order chi connectivity index (χ1) is 11.5. The van der Waals surface area contributed by atoms with Gasteiger partial charge in [-0.15, -0.1) is 9.46 Å². The van der Waals surface area contributed by atoms with Crippen molar-refractivity contribution in [1.82, 2.24) is 39.4 Å². The molecule has 0 amide bonds. The Balaban J connectivity index is 1.65. The molecule has 0 aliphatic heterocycles. The second kappa shape index (κ2) is 5.11. The first kappa shape index (κ1) is 14.3. The Hall–Kier alpha value is -3.31. The highest BCUT2D eigenvalue weighted by atomic mass is 31.2. The summed E-state index contributed by atoms with van der Waals surface area (Å²) in [5.74, 6) is 0.105. The van der Waals surface area contributed by atoms with Crippen LogP contribution in [0.2, 0.25) is 0 Å². The highest BCUT2D eigenvalue weighted by molar-refractivity contribution is 7.47. The molecule has 0 aliphatic carbocycles. The molecule has 0 aliphatic rings. The number of hydrogen-bond acceptors (Lipinski definition) is 10. The van der Waals surface area contributed by atoms with Gasteiger partial charge in [0, 0.05) is 0 Å². The number of nitrogen functional groups attached to an aromatic ring is 1. The van der Waals surface area contributed by atoms with Gasteiger partial charge < -0.3 is 5.73 Å². The van der Waals surface area contributed by atoms with E-state index < -0.39 is 7.82 Å². The molecule has 122 valence electrons. The Morgan fingerprint density at radius 2 is 1.71 bits per heavy atom. The van der Waals surface area contributed by atoms with Crippen molar-refractivity contribution in [3.05, 3.63) is 31.5 Å². The van der Waals surface area contributed by atoms with Crippen LogP contribution >= 0.6 is 7.82 Å². The van der Waals surface area contributed by atoms with Gasteiger partial charge in [0.15, 0.2) is 17.0 Å². The standard InChI is InChI=1S/C10H8N9O4P/c11-8-7-10(15-3-13-8)19(5-17-7)23-24(20,21)22-18-4-16-6-1-12-2-14-9(6)18/h1-5H,(H,20,21)(H2,11,13,15). The van der Waals surface area contributed by atoms with Crippen molar-refractivity contribution in [2.75, 3.05) is 5.73 Å². The van der Waals surface area contributed by atoms with Gasteiger partial charge in [0.2, 0.25) is 5.65 Å². The molecule has 0 saturated heterocycles. The number of nitrogens with two attached hydrogens (primary N) is 1. The zero-order valence-corrected chi connectivity index (χ0v) is 12.6. The summed E-state index contributed by atoms with van der Waals surface area (Å²) in [5.41, 5.74) is 6.54. The molecule has 24 heavy (non-hydrogen) atoms. The number of nitrogens with zero attached hydrogens (tertiary/aromatic N) is 8. The van der Waals surface area contributed by atoms with Crippen LogP contribution in [0.3, 0.4) is 0 Å². The Bertz CT molecular complexity index is 1090. The van der Waals surface area contributed by atoms with E-state index in [-0.39, 0.29) is 22.6 Å². The Kier molecular flexibility index (Phi) is 3.04. The summed E-state index contributed by atoms with van der Waals surface area (Å²) in [6, 6.07) is 0. The lowest BCUT2D eigenvalue weighted by molar-refractivity contribution is 0.133. The van der Waals surface area contributed by atoms with E-state index in [4.69, 9.17) is 15.0 Å². The van der Waals surface area contributed by atoms with Gasteiger partial charge in [0.25, 0.3) is 0 Å². The summed E-state index contributed by atoms with van der Waals surface area (Å²) in [6.07, 6.45) is 6.13. The van der Waals surface area contributed by atoms with Gasteiger partial charge in [-0.25, -0.2) is 34.5 Å². The number of anilines is 1. The molecule has 0 saturated carbocycles. The van der Waals surface area contributed by atoms with Crippen LogP contribution in [0.5, 0.6) is 0 Å². The summed E-state index contributed by atoms with van der Waals surface area (Å²) in [6.45, 7) is 0. The molecule has 3 N–H and O–H groups in total. The van der Waals surface area contributed by atoms with E-state index >= 15 is 0 Å². The number of aromatic nitrogens is 8. The number of phosphoric acid groups is 1. The molecule has 0 aromatic carbocycles. The van der Waals surface area contributed by atoms with Crippen LogP contribution in [-0.4, -0.2) is 44.3 Å². The fourth-order valence-corrected chi connectivity index (χ4v) is 2.65. The molecule has 1 atom stereocenters. The third kappa shape index (κ3) is 2.37. The van der Waals surface area contributed by atoms with Crippen molar-refractivity contribution in [3.63, 3.8) is 0 Å². The lowest BCUT2D eigenvalue weighted by Crippen LogP contribution is -2.17. The molecule has 1 unspecified atom stereocenters. The molecule has 0 radical (unpaired) electrons. The molecule has 4 heterocycles. The topological polar surface area (TPSA) is 169 Å². The Morgan fingerprint density at radius 3 is 2.54 bits per heavy atom. The van der Waals surface area contributed by atoms with Crippen LogP contribution in [0, 0.1) is 0 Å². The fourth-order valence-electron chi connectivity index (χ4n) is 1.94. The molecule has 4 aromatic rings. The molecule has 4 aromatic heterocycles. The van der Waals surface area contributed by atoms with E-state index in [0.717, 1.165) is 22.1 Å². The maximum absolute atomic E-state index is 12.2. The van der Waals surface area contributed by atoms with Crippen molar-refractivity contribution in [3.8, 4) is 0 Å².